The summed E-state index contributed by atoms with van der Waals surface area (Å²) >= 11 is 0. The van der Waals surface area contributed by atoms with Crippen LogP contribution in [0.5, 0.6) is 0 Å². The van der Waals surface area contributed by atoms with Crippen LogP contribution in [0.1, 0.15) is 97.5 Å². The topological polar surface area (TPSA) is 101 Å². The summed E-state index contributed by atoms with van der Waals surface area (Å²) in [6.07, 6.45) is 9.73. The zero-order valence-electron chi connectivity index (χ0n) is 31.2. The Morgan fingerprint density at radius 1 is 1.23 bits per heavy atom. The molecule has 52 heavy (non-hydrogen) atoms. The summed E-state index contributed by atoms with van der Waals surface area (Å²) in [7, 11) is 2.11. The number of nitrogens with two attached hydrogens (primary N) is 1. The van der Waals surface area contributed by atoms with E-state index in [0.29, 0.717) is 56.3 Å². The number of aliphatic imine (C=N–C) groups is 1. The lowest BCUT2D eigenvalue weighted by atomic mass is 9.92. The average Bonchev–Trinajstić information content (AvgIpc) is 3.52. The molecule has 11 heteroatoms. The average molecular weight is 716 g/mol. The number of nitrogens with zero attached hydrogens (tertiary/aromatic N) is 5. The van der Waals surface area contributed by atoms with Crippen LogP contribution in [0.15, 0.2) is 54.2 Å². The van der Waals surface area contributed by atoms with E-state index in [0.717, 1.165) is 91.1 Å². The molecule has 0 saturated carbocycles. The van der Waals surface area contributed by atoms with Crippen LogP contribution in [0.2, 0.25) is 0 Å². The van der Waals surface area contributed by atoms with Crippen molar-refractivity contribution < 1.29 is 18.3 Å². The lowest BCUT2D eigenvalue weighted by molar-refractivity contribution is -0.109. The molecule has 0 spiro atoms. The number of carbonyl (C=O) groups excluding carboxylic acids is 1. The van der Waals surface area contributed by atoms with Gasteiger partial charge < -0.3 is 20.7 Å². The van der Waals surface area contributed by atoms with E-state index in [4.69, 9.17) is 20.6 Å². The van der Waals surface area contributed by atoms with Gasteiger partial charge in [0.1, 0.15) is 0 Å². The van der Waals surface area contributed by atoms with Crippen LogP contribution in [0.3, 0.4) is 0 Å². The van der Waals surface area contributed by atoms with E-state index < -0.39 is 6.43 Å². The number of halogens is 2. The maximum absolute atomic E-state index is 14.9. The molecule has 2 aromatic carbocycles. The molecule has 5 rings (SSSR count). The number of alkyl halides is 2. The maximum Gasteiger partial charge on any atom is 0.264 e. The molecular weight excluding hydrogens is 660 g/mol. The molecule has 0 radical (unpaired) electrons. The van der Waals surface area contributed by atoms with E-state index in [1.54, 1.807) is 12.3 Å². The Morgan fingerprint density at radius 2 is 2.02 bits per heavy atom. The number of anilines is 2. The van der Waals surface area contributed by atoms with Crippen molar-refractivity contribution in [3.05, 3.63) is 88.3 Å². The van der Waals surface area contributed by atoms with E-state index in [1.165, 1.54) is 11.8 Å². The van der Waals surface area contributed by atoms with Gasteiger partial charge in [-0.3, -0.25) is 19.4 Å². The minimum atomic E-state index is -2.73. The molecule has 3 N–H and O–H groups in total. The zero-order chi connectivity index (χ0) is 37.2. The summed E-state index contributed by atoms with van der Waals surface area (Å²) in [6, 6.07) is 10.0. The monoisotopic (exact) mass is 715 g/mol. The van der Waals surface area contributed by atoms with Crippen LogP contribution in [0.4, 0.5) is 26.0 Å². The third-order valence-electron chi connectivity index (χ3n) is 10.4. The van der Waals surface area contributed by atoms with Crippen molar-refractivity contribution in [3.63, 3.8) is 0 Å². The van der Waals surface area contributed by atoms with Crippen molar-refractivity contribution in [2.24, 2.45) is 10.7 Å². The first-order chi connectivity index (χ1) is 25.2. The summed E-state index contributed by atoms with van der Waals surface area (Å²) in [4.78, 5) is 20.2. The molecule has 1 fully saturated rings. The fourth-order valence-corrected chi connectivity index (χ4v) is 7.60. The van der Waals surface area contributed by atoms with Gasteiger partial charge in [-0.2, -0.15) is 5.10 Å². The normalized spacial score (nSPS) is 16.2. The highest BCUT2D eigenvalue weighted by Crippen LogP contribution is 2.42. The van der Waals surface area contributed by atoms with Crippen molar-refractivity contribution in [2.75, 3.05) is 38.3 Å². The fourth-order valence-electron chi connectivity index (χ4n) is 7.60. The van der Waals surface area contributed by atoms with Crippen LogP contribution >= 0.6 is 0 Å². The number of likely N-dealkylation sites (N-methyl/N-ethyl adjacent to an activating group) is 1. The quantitative estimate of drug-likeness (QED) is 0.0638. The summed E-state index contributed by atoms with van der Waals surface area (Å²) in [5.41, 5.74) is 13.8. The summed E-state index contributed by atoms with van der Waals surface area (Å²) in [5, 5.41) is 7.98. The number of hydrogen-bond donors (Lipinski definition) is 2. The highest BCUT2D eigenvalue weighted by atomic mass is 19.3. The molecule has 1 atom stereocenters. The third-order valence-corrected chi connectivity index (χ3v) is 10.4. The van der Waals surface area contributed by atoms with E-state index in [1.807, 2.05) is 24.3 Å². The van der Waals surface area contributed by atoms with Crippen molar-refractivity contribution in [2.45, 2.75) is 97.2 Å². The van der Waals surface area contributed by atoms with Crippen LogP contribution in [0, 0.1) is 6.92 Å². The lowest BCUT2D eigenvalue weighted by Crippen LogP contribution is -2.29. The Bertz CT molecular complexity index is 1740. The number of allylic oxidation sites excluding steroid dienone is 1. The number of amides is 1. The number of hydrogen-bond acceptors (Lipinski definition) is 7. The Morgan fingerprint density at radius 3 is 2.67 bits per heavy atom. The van der Waals surface area contributed by atoms with E-state index in [-0.39, 0.29) is 11.6 Å². The van der Waals surface area contributed by atoms with Gasteiger partial charge in [0.25, 0.3) is 6.43 Å². The molecule has 1 unspecified atom stereocenters. The van der Waals surface area contributed by atoms with Crippen LogP contribution < -0.4 is 16.0 Å². The Balaban J connectivity index is 1.46. The smallest absolute Gasteiger partial charge is 0.264 e. The Kier molecular flexibility index (Phi) is 13.8. The minimum absolute atomic E-state index is 0.0930. The Hall–Kier alpha value is -4.35. The van der Waals surface area contributed by atoms with Gasteiger partial charge in [0.05, 0.1) is 11.7 Å². The zero-order valence-corrected chi connectivity index (χ0v) is 31.2. The van der Waals surface area contributed by atoms with Crippen LogP contribution in [-0.4, -0.2) is 66.7 Å². The molecule has 3 aromatic rings. The van der Waals surface area contributed by atoms with Gasteiger partial charge in [-0.1, -0.05) is 32.4 Å². The minimum Gasteiger partial charge on any atom is -0.404 e. The van der Waals surface area contributed by atoms with Crippen LogP contribution in [0.25, 0.3) is 5.57 Å². The molecule has 9 nitrogen and oxygen atoms in total. The maximum atomic E-state index is 14.9. The number of benzene rings is 2. The highest BCUT2D eigenvalue weighted by molar-refractivity contribution is 6.11. The van der Waals surface area contributed by atoms with Gasteiger partial charge in [0, 0.05) is 85.8 Å². The summed E-state index contributed by atoms with van der Waals surface area (Å²) in [5.74, 6) is 0.801. The molecule has 2 aliphatic heterocycles. The van der Waals surface area contributed by atoms with Crippen molar-refractivity contribution >= 4 is 35.4 Å². The Labute approximate surface area is 307 Å². The SMILES string of the molecule is C=CC(CCC)N(C)Cc1ccc(N=C/C(=C\N)c2cc3c(cc2C(F)F)N(c2nn(C4CCOCC4)c(CCNC=O)c2CC)CCC3)cc1C. The first-order valence-electron chi connectivity index (χ1n) is 18.7. The first kappa shape index (κ1) is 38.9. The van der Waals surface area contributed by atoms with Gasteiger partial charge in [-0.15, -0.1) is 6.58 Å². The summed E-state index contributed by atoms with van der Waals surface area (Å²) in [6.45, 7) is 13.6. The number of aromatic nitrogens is 2. The van der Waals surface area contributed by atoms with Crippen molar-refractivity contribution in [1.29, 1.82) is 0 Å². The van der Waals surface area contributed by atoms with E-state index >= 15 is 0 Å². The molecule has 1 amide bonds. The predicted octanol–water partition coefficient (Wildman–Crippen LogP) is 7.90. The number of carbonyl (C=O) groups is 1. The standard InChI is InChI=1S/C41H55F2N7O2/c1-6-10-33(7-2)48(5)26-30-12-13-32(21-28(30)4)46-25-31(24-44)36-22-29-11-9-18-49(39(29)23-37(36)40(42)43)41-35(8-3)38(14-17-45-27-51)50(47-41)34-15-19-52-20-16-34/h7,12-13,21-25,27,33-34,40H,2,6,8-11,14-20,26,44H2,1,3-5H3,(H,45,51)/b31-24+,46-25?. The molecule has 0 bridgehead atoms. The van der Waals surface area contributed by atoms with Gasteiger partial charge in [0.15, 0.2) is 5.82 Å². The van der Waals surface area contributed by atoms with Crippen molar-refractivity contribution in [1.82, 2.24) is 20.0 Å². The van der Waals surface area contributed by atoms with Gasteiger partial charge >= 0.3 is 0 Å². The number of nitrogens with one attached hydrogen (secondary N) is 1. The summed E-state index contributed by atoms with van der Waals surface area (Å²) < 4.78 is 37.6. The van der Waals surface area contributed by atoms with Gasteiger partial charge in [-0.05, 0) is 99.0 Å². The molecular formula is C41H55F2N7O2. The molecule has 280 valence electrons. The first-order valence-corrected chi connectivity index (χ1v) is 18.7. The number of aryl methyl sites for hydroxylation is 2. The number of fused-ring (bicyclic) bond motifs is 1. The van der Waals surface area contributed by atoms with Crippen molar-refractivity contribution in [3.8, 4) is 0 Å². The van der Waals surface area contributed by atoms with E-state index in [9.17, 15) is 13.6 Å². The second-order valence-corrected chi connectivity index (χ2v) is 13.8. The number of rotatable bonds is 17. The largest absolute Gasteiger partial charge is 0.404 e. The predicted molar refractivity (Wildman–Crippen MR) is 207 cm³/mol. The molecule has 3 heterocycles. The lowest BCUT2D eigenvalue weighted by Gasteiger charge is -2.32. The van der Waals surface area contributed by atoms with Gasteiger partial charge in [0.2, 0.25) is 6.41 Å². The van der Waals surface area contributed by atoms with Crippen LogP contribution in [-0.2, 0) is 35.3 Å². The fraction of sp³-hybridized carbons (Fsp3) is 0.488. The highest BCUT2D eigenvalue weighted by Gasteiger charge is 2.31. The van der Waals surface area contributed by atoms with E-state index in [2.05, 4.69) is 60.3 Å². The second kappa shape index (κ2) is 18.4. The molecule has 1 aromatic heterocycles. The third kappa shape index (κ3) is 8.81. The molecule has 1 saturated heterocycles. The molecule has 0 aliphatic carbocycles. The van der Waals surface area contributed by atoms with Gasteiger partial charge in [-0.25, -0.2) is 8.78 Å². The number of ether oxygens (including phenoxy) is 1. The molecule has 2 aliphatic rings. The second-order valence-electron chi connectivity index (χ2n) is 13.8.